The lowest BCUT2D eigenvalue weighted by Crippen LogP contribution is -1.98. The molecule has 0 radical (unpaired) electrons. The van der Waals surface area contributed by atoms with E-state index < -0.39 is 0 Å². The topological polar surface area (TPSA) is 30.7 Å². The van der Waals surface area contributed by atoms with Crippen LogP contribution in [0.25, 0.3) is 21.9 Å². The molecule has 0 spiro atoms. The van der Waals surface area contributed by atoms with Gasteiger partial charge in [-0.15, -0.1) is 12.4 Å². The van der Waals surface area contributed by atoms with Crippen LogP contribution in [0.1, 0.15) is 5.56 Å². The number of hydrogen-bond acceptors (Lipinski definition) is 2. The Kier molecular flexibility index (Phi) is 3.59. The van der Waals surface area contributed by atoms with Gasteiger partial charge in [-0.3, -0.25) is 4.98 Å². The maximum absolute atomic E-state index is 4.47. The van der Waals surface area contributed by atoms with Crippen molar-refractivity contribution in [3.8, 4) is 0 Å². The summed E-state index contributed by atoms with van der Waals surface area (Å²) in [7, 11) is 0. The Balaban J connectivity index is 0.00000132. The molecule has 0 fully saturated rings. The third kappa shape index (κ3) is 2.36. The Labute approximate surface area is 128 Å². The smallest absolute Gasteiger partial charge is 0.107 e. The summed E-state index contributed by atoms with van der Waals surface area (Å²) in [5, 5.41) is 1.15. The van der Waals surface area contributed by atoms with E-state index in [-0.39, 0.29) is 12.4 Å². The standard InChI is InChI=1S/C17H13N3.ClH/c1-2-6-13(7-3-1)11-20-12-19-16-10-18-15-9-5-4-8-14(15)17(16)20;/h1-10,12H,11H2;1H. The highest BCUT2D eigenvalue weighted by Gasteiger charge is 2.08. The Morgan fingerprint density at radius 2 is 1.57 bits per heavy atom. The summed E-state index contributed by atoms with van der Waals surface area (Å²) in [6, 6.07) is 18.6. The van der Waals surface area contributed by atoms with Crippen LogP contribution < -0.4 is 0 Å². The van der Waals surface area contributed by atoms with Crippen LogP contribution in [0.4, 0.5) is 0 Å². The summed E-state index contributed by atoms with van der Waals surface area (Å²) in [6.45, 7) is 0.825. The van der Waals surface area contributed by atoms with Crippen molar-refractivity contribution in [2.24, 2.45) is 0 Å². The van der Waals surface area contributed by atoms with Crippen LogP contribution in [0.15, 0.2) is 67.1 Å². The van der Waals surface area contributed by atoms with Gasteiger partial charge in [-0.1, -0.05) is 48.5 Å². The van der Waals surface area contributed by atoms with Crippen molar-refractivity contribution >= 4 is 34.3 Å². The molecular formula is C17H14ClN3. The van der Waals surface area contributed by atoms with E-state index >= 15 is 0 Å². The lowest BCUT2D eigenvalue weighted by molar-refractivity contribution is 0.827. The number of fused-ring (bicyclic) bond motifs is 3. The summed E-state index contributed by atoms with van der Waals surface area (Å²) in [5.74, 6) is 0. The maximum atomic E-state index is 4.47. The van der Waals surface area contributed by atoms with Crippen LogP contribution in [-0.4, -0.2) is 14.5 Å². The highest BCUT2D eigenvalue weighted by atomic mass is 35.5. The first-order valence-corrected chi connectivity index (χ1v) is 6.64. The SMILES string of the molecule is Cl.c1ccc(Cn2cnc3cnc4ccccc4c32)cc1. The minimum absolute atomic E-state index is 0. The molecular weight excluding hydrogens is 282 g/mol. The molecule has 4 rings (SSSR count). The molecule has 0 unspecified atom stereocenters. The molecule has 4 heteroatoms. The number of aromatic nitrogens is 3. The molecule has 0 aliphatic rings. The van der Waals surface area contributed by atoms with Crippen molar-refractivity contribution in [1.82, 2.24) is 14.5 Å². The first-order chi connectivity index (χ1) is 9.92. The highest BCUT2D eigenvalue weighted by molar-refractivity contribution is 6.01. The fourth-order valence-electron chi connectivity index (χ4n) is 2.60. The van der Waals surface area contributed by atoms with Crippen molar-refractivity contribution < 1.29 is 0 Å². The van der Waals surface area contributed by atoms with Crippen molar-refractivity contribution in [2.45, 2.75) is 6.54 Å². The third-order valence-electron chi connectivity index (χ3n) is 3.55. The summed E-state index contributed by atoms with van der Waals surface area (Å²) < 4.78 is 2.19. The van der Waals surface area contributed by atoms with E-state index in [1.807, 2.05) is 36.8 Å². The second-order valence-corrected chi connectivity index (χ2v) is 4.87. The predicted octanol–water partition coefficient (Wildman–Crippen LogP) is 4.05. The minimum Gasteiger partial charge on any atom is -0.325 e. The van der Waals surface area contributed by atoms with Crippen LogP contribution in [0, 0.1) is 0 Å². The van der Waals surface area contributed by atoms with E-state index in [1.165, 1.54) is 5.56 Å². The lowest BCUT2D eigenvalue weighted by atomic mass is 10.2. The van der Waals surface area contributed by atoms with Gasteiger partial charge in [0.15, 0.2) is 0 Å². The number of nitrogens with zero attached hydrogens (tertiary/aromatic N) is 3. The first kappa shape index (κ1) is 13.6. The predicted molar refractivity (Wildman–Crippen MR) is 87.8 cm³/mol. The Hall–Kier alpha value is -2.39. The van der Waals surface area contributed by atoms with Crippen molar-refractivity contribution in [1.29, 1.82) is 0 Å². The van der Waals surface area contributed by atoms with E-state index in [2.05, 4.69) is 44.9 Å². The fourth-order valence-corrected chi connectivity index (χ4v) is 2.60. The van der Waals surface area contributed by atoms with Crippen molar-refractivity contribution in [3.05, 3.63) is 72.7 Å². The van der Waals surface area contributed by atoms with Crippen LogP contribution in [0.2, 0.25) is 0 Å². The molecule has 21 heavy (non-hydrogen) atoms. The van der Waals surface area contributed by atoms with Gasteiger partial charge in [-0.2, -0.15) is 0 Å². The molecule has 0 atom stereocenters. The number of hydrogen-bond donors (Lipinski definition) is 0. The van der Waals surface area contributed by atoms with Gasteiger partial charge in [0.05, 0.1) is 23.6 Å². The molecule has 0 aliphatic heterocycles. The monoisotopic (exact) mass is 295 g/mol. The van der Waals surface area contributed by atoms with Crippen LogP contribution in [0.5, 0.6) is 0 Å². The van der Waals surface area contributed by atoms with Gasteiger partial charge in [-0.25, -0.2) is 4.98 Å². The highest BCUT2D eigenvalue weighted by Crippen LogP contribution is 2.23. The van der Waals surface area contributed by atoms with E-state index in [1.54, 1.807) is 0 Å². The third-order valence-corrected chi connectivity index (χ3v) is 3.55. The van der Waals surface area contributed by atoms with Crippen molar-refractivity contribution in [3.63, 3.8) is 0 Å². The quantitative estimate of drug-likeness (QED) is 0.558. The summed E-state index contributed by atoms with van der Waals surface area (Å²) >= 11 is 0. The first-order valence-electron chi connectivity index (χ1n) is 6.64. The molecule has 2 aromatic heterocycles. The molecule has 0 saturated carbocycles. The van der Waals surface area contributed by atoms with E-state index in [9.17, 15) is 0 Å². The molecule has 0 bridgehead atoms. The summed E-state index contributed by atoms with van der Waals surface area (Å²) in [4.78, 5) is 8.92. The average Bonchev–Trinajstić information content (AvgIpc) is 2.92. The largest absolute Gasteiger partial charge is 0.325 e. The number of para-hydroxylation sites is 1. The van der Waals surface area contributed by atoms with Crippen LogP contribution >= 0.6 is 12.4 Å². The molecule has 104 valence electrons. The minimum atomic E-state index is 0. The van der Waals surface area contributed by atoms with Gasteiger partial charge in [0.1, 0.15) is 5.52 Å². The number of pyridine rings is 1. The van der Waals surface area contributed by atoms with E-state index in [0.29, 0.717) is 0 Å². The normalized spacial score (nSPS) is 10.7. The number of imidazole rings is 1. The molecule has 2 aromatic carbocycles. The average molecular weight is 296 g/mol. The lowest BCUT2D eigenvalue weighted by Gasteiger charge is -2.06. The van der Waals surface area contributed by atoms with Crippen molar-refractivity contribution in [2.75, 3.05) is 0 Å². The maximum Gasteiger partial charge on any atom is 0.107 e. The second-order valence-electron chi connectivity index (χ2n) is 4.87. The van der Waals surface area contributed by atoms with Gasteiger partial charge < -0.3 is 4.57 Å². The fraction of sp³-hybridized carbons (Fsp3) is 0.0588. The van der Waals surface area contributed by atoms with Gasteiger partial charge in [0.2, 0.25) is 0 Å². The molecule has 0 N–H and O–H groups in total. The van der Waals surface area contributed by atoms with Gasteiger partial charge in [0.25, 0.3) is 0 Å². The zero-order valence-corrected chi connectivity index (χ0v) is 12.1. The Bertz CT molecular complexity index is 884. The number of benzene rings is 2. The zero-order chi connectivity index (χ0) is 13.4. The summed E-state index contributed by atoms with van der Waals surface area (Å²) in [6.07, 6.45) is 3.74. The van der Waals surface area contributed by atoms with E-state index in [0.717, 1.165) is 28.5 Å². The van der Waals surface area contributed by atoms with Crippen LogP contribution in [0.3, 0.4) is 0 Å². The number of rotatable bonds is 2. The molecule has 4 aromatic rings. The second kappa shape index (κ2) is 5.54. The molecule has 3 nitrogen and oxygen atoms in total. The Morgan fingerprint density at radius 1 is 0.810 bits per heavy atom. The summed E-state index contributed by atoms with van der Waals surface area (Å²) in [5.41, 5.74) is 4.38. The molecule has 2 heterocycles. The van der Waals surface area contributed by atoms with Gasteiger partial charge >= 0.3 is 0 Å². The number of halogens is 1. The van der Waals surface area contributed by atoms with E-state index in [4.69, 9.17) is 0 Å². The zero-order valence-electron chi connectivity index (χ0n) is 11.3. The molecule has 0 amide bonds. The van der Waals surface area contributed by atoms with Gasteiger partial charge in [-0.05, 0) is 11.6 Å². The molecule has 0 saturated heterocycles. The van der Waals surface area contributed by atoms with Crippen LogP contribution in [-0.2, 0) is 6.54 Å². The Morgan fingerprint density at radius 3 is 2.43 bits per heavy atom. The van der Waals surface area contributed by atoms with Gasteiger partial charge in [0, 0.05) is 11.9 Å². The molecule has 0 aliphatic carbocycles.